The molecular formula is C19H19N3O5. The van der Waals surface area contributed by atoms with Crippen molar-refractivity contribution >= 4 is 16.8 Å². The summed E-state index contributed by atoms with van der Waals surface area (Å²) in [6.45, 7) is -0.290. The van der Waals surface area contributed by atoms with Gasteiger partial charge in [0.1, 0.15) is 6.54 Å². The van der Waals surface area contributed by atoms with E-state index in [1.54, 1.807) is 0 Å². The number of benzene rings is 2. The summed E-state index contributed by atoms with van der Waals surface area (Å²) < 4.78 is 12.7. The zero-order chi connectivity index (χ0) is 19.6. The van der Waals surface area contributed by atoms with Gasteiger partial charge in [0.2, 0.25) is 5.91 Å². The van der Waals surface area contributed by atoms with E-state index in [9.17, 15) is 14.4 Å². The molecule has 0 unspecified atom stereocenters. The van der Waals surface area contributed by atoms with Gasteiger partial charge in [-0.1, -0.05) is 30.3 Å². The maximum absolute atomic E-state index is 13.0. The van der Waals surface area contributed by atoms with E-state index < -0.39 is 17.2 Å². The largest absolute Gasteiger partial charge is 0.493 e. The molecule has 2 N–H and O–H groups in total. The van der Waals surface area contributed by atoms with Gasteiger partial charge >= 0.3 is 5.69 Å². The highest BCUT2D eigenvalue weighted by atomic mass is 16.5. The van der Waals surface area contributed by atoms with E-state index >= 15 is 0 Å². The minimum Gasteiger partial charge on any atom is -0.493 e. The van der Waals surface area contributed by atoms with E-state index in [-0.39, 0.29) is 24.0 Å². The second-order valence-electron chi connectivity index (χ2n) is 5.94. The Morgan fingerprint density at radius 3 is 2.22 bits per heavy atom. The smallest absolute Gasteiger partial charge is 0.332 e. The average molecular weight is 369 g/mol. The van der Waals surface area contributed by atoms with Crippen LogP contribution in [0.15, 0.2) is 52.1 Å². The van der Waals surface area contributed by atoms with Crippen LogP contribution in [0, 0.1) is 0 Å². The SMILES string of the molecule is COc1cc2c(=O)n(Cc3ccccc3)c(=O)n(CC(N)=O)c2cc1OC. The minimum absolute atomic E-state index is 0.0710. The molecule has 1 aromatic heterocycles. The molecule has 8 heteroatoms. The molecule has 0 radical (unpaired) electrons. The van der Waals surface area contributed by atoms with E-state index in [1.807, 2.05) is 30.3 Å². The number of ether oxygens (including phenoxy) is 2. The van der Waals surface area contributed by atoms with Crippen molar-refractivity contribution in [1.29, 1.82) is 0 Å². The van der Waals surface area contributed by atoms with Crippen LogP contribution in [0.25, 0.3) is 10.9 Å². The molecule has 0 atom stereocenters. The highest BCUT2D eigenvalue weighted by Gasteiger charge is 2.18. The molecule has 1 amide bonds. The normalized spacial score (nSPS) is 10.7. The van der Waals surface area contributed by atoms with Crippen molar-refractivity contribution in [3.8, 4) is 11.5 Å². The third-order valence-corrected chi connectivity index (χ3v) is 4.23. The second-order valence-corrected chi connectivity index (χ2v) is 5.94. The number of fused-ring (bicyclic) bond motifs is 1. The van der Waals surface area contributed by atoms with Crippen LogP contribution in [0.5, 0.6) is 11.5 Å². The summed E-state index contributed by atoms with van der Waals surface area (Å²) in [6.07, 6.45) is 0. The highest BCUT2D eigenvalue weighted by molar-refractivity contribution is 5.84. The summed E-state index contributed by atoms with van der Waals surface area (Å²) in [6, 6.07) is 12.1. The van der Waals surface area contributed by atoms with E-state index in [2.05, 4.69) is 0 Å². The Morgan fingerprint density at radius 1 is 1.00 bits per heavy atom. The fourth-order valence-electron chi connectivity index (χ4n) is 2.96. The van der Waals surface area contributed by atoms with Gasteiger partial charge in [-0.3, -0.25) is 18.7 Å². The first kappa shape index (κ1) is 18.2. The Morgan fingerprint density at radius 2 is 1.63 bits per heavy atom. The number of hydrogen-bond acceptors (Lipinski definition) is 5. The first-order chi connectivity index (χ1) is 13.0. The van der Waals surface area contributed by atoms with Gasteiger partial charge in [0.15, 0.2) is 11.5 Å². The van der Waals surface area contributed by atoms with Crippen molar-refractivity contribution in [1.82, 2.24) is 9.13 Å². The van der Waals surface area contributed by atoms with Crippen molar-refractivity contribution in [3.05, 3.63) is 68.9 Å². The first-order valence-electron chi connectivity index (χ1n) is 8.18. The Hall–Kier alpha value is -3.55. The maximum Gasteiger partial charge on any atom is 0.332 e. The number of carbonyl (C=O) groups is 1. The number of primary amides is 1. The van der Waals surface area contributed by atoms with Crippen LogP contribution < -0.4 is 26.5 Å². The molecule has 2 aromatic carbocycles. The Bertz CT molecular complexity index is 1120. The summed E-state index contributed by atoms with van der Waals surface area (Å²) in [7, 11) is 2.89. The van der Waals surface area contributed by atoms with Gasteiger partial charge in [-0.2, -0.15) is 0 Å². The molecule has 0 fully saturated rings. The second kappa shape index (κ2) is 7.36. The Labute approximate surface area is 154 Å². The van der Waals surface area contributed by atoms with Crippen LogP contribution in [0.3, 0.4) is 0 Å². The van der Waals surface area contributed by atoms with Gasteiger partial charge in [-0.05, 0) is 11.6 Å². The van der Waals surface area contributed by atoms with Crippen LogP contribution in [0.2, 0.25) is 0 Å². The molecule has 8 nitrogen and oxygen atoms in total. The van der Waals surface area contributed by atoms with Crippen LogP contribution in [-0.2, 0) is 17.9 Å². The fraction of sp³-hybridized carbons (Fsp3) is 0.211. The number of amides is 1. The third kappa shape index (κ3) is 3.41. The van der Waals surface area contributed by atoms with Gasteiger partial charge in [0.25, 0.3) is 5.56 Å². The molecule has 0 aliphatic carbocycles. The number of nitrogens with zero attached hydrogens (tertiary/aromatic N) is 2. The standard InChI is InChI=1S/C19H19N3O5/c1-26-15-8-13-14(9-16(15)27-2)21(11-17(20)23)19(25)22(18(13)24)10-12-6-4-3-5-7-12/h3-9H,10-11H2,1-2H3,(H2,20,23). The van der Waals surface area contributed by atoms with Crippen LogP contribution in [-0.4, -0.2) is 29.3 Å². The zero-order valence-corrected chi connectivity index (χ0v) is 15.0. The van der Waals surface area contributed by atoms with E-state index in [1.165, 1.54) is 30.9 Å². The molecule has 3 aromatic rings. The number of nitrogens with two attached hydrogens (primary N) is 1. The predicted molar refractivity (Wildman–Crippen MR) is 100 cm³/mol. The lowest BCUT2D eigenvalue weighted by Gasteiger charge is -2.15. The molecule has 0 bridgehead atoms. The van der Waals surface area contributed by atoms with E-state index in [0.717, 1.165) is 10.1 Å². The highest BCUT2D eigenvalue weighted by Crippen LogP contribution is 2.30. The van der Waals surface area contributed by atoms with Gasteiger partial charge < -0.3 is 15.2 Å². The number of aromatic nitrogens is 2. The maximum atomic E-state index is 13.0. The lowest BCUT2D eigenvalue weighted by molar-refractivity contribution is -0.118. The summed E-state index contributed by atoms with van der Waals surface area (Å²) >= 11 is 0. The number of hydrogen-bond donors (Lipinski definition) is 1. The lowest BCUT2D eigenvalue weighted by atomic mass is 10.2. The molecule has 0 spiro atoms. The quantitative estimate of drug-likeness (QED) is 0.689. The van der Waals surface area contributed by atoms with Gasteiger partial charge in [-0.15, -0.1) is 0 Å². The topological polar surface area (TPSA) is 106 Å². The molecule has 3 rings (SSSR count). The lowest BCUT2D eigenvalue weighted by Crippen LogP contribution is -2.42. The van der Waals surface area contributed by atoms with Crippen molar-refractivity contribution in [2.45, 2.75) is 13.1 Å². The molecular weight excluding hydrogens is 350 g/mol. The van der Waals surface area contributed by atoms with Crippen molar-refractivity contribution in [2.24, 2.45) is 5.73 Å². The van der Waals surface area contributed by atoms with Gasteiger partial charge in [0.05, 0.1) is 31.7 Å². The monoisotopic (exact) mass is 369 g/mol. The number of rotatable bonds is 6. The zero-order valence-electron chi connectivity index (χ0n) is 15.0. The summed E-state index contributed by atoms with van der Waals surface area (Å²) in [5, 5.41) is 0.226. The molecule has 0 saturated heterocycles. The van der Waals surface area contributed by atoms with Crippen LogP contribution in [0.1, 0.15) is 5.56 Å². The number of carbonyl (C=O) groups excluding carboxylic acids is 1. The van der Waals surface area contributed by atoms with Crippen molar-refractivity contribution < 1.29 is 14.3 Å². The average Bonchev–Trinajstić information content (AvgIpc) is 2.68. The minimum atomic E-state index is -0.696. The van der Waals surface area contributed by atoms with Crippen LogP contribution in [0.4, 0.5) is 0 Å². The summed E-state index contributed by atoms with van der Waals surface area (Å²) in [5.74, 6) is -0.0152. The van der Waals surface area contributed by atoms with Crippen molar-refractivity contribution in [2.75, 3.05) is 14.2 Å². The molecule has 1 heterocycles. The van der Waals surface area contributed by atoms with Crippen LogP contribution >= 0.6 is 0 Å². The first-order valence-corrected chi connectivity index (χ1v) is 8.18. The van der Waals surface area contributed by atoms with Crippen molar-refractivity contribution in [3.63, 3.8) is 0 Å². The fourth-order valence-corrected chi connectivity index (χ4v) is 2.96. The number of methoxy groups -OCH3 is 2. The predicted octanol–water partition coefficient (Wildman–Crippen LogP) is 0.714. The van der Waals surface area contributed by atoms with Gasteiger partial charge in [0, 0.05) is 6.07 Å². The summed E-state index contributed by atoms with van der Waals surface area (Å²) in [4.78, 5) is 37.5. The molecule has 27 heavy (non-hydrogen) atoms. The molecule has 0 aliphatic rings. The van der Waals surface area contributed by atoms with Gasteiger partial charge in [-0.25, -0.2) is 4.79 Å². The molecule has 0 aliphatic heterocycles. The Balaban J connectivity index is 2.35. The Kier molecular flexibility index (Phi) is 4.98. The summed E-state index contributed by atoms with van der Waals surface area (Å²) in [5.41, 5.74) is 5.24. The molecule has 140 valence electrons. The third-order valence-electron chi connectivity index (χ3n) is 4.23. The molecule has 0 saturated carbocycles. The van der Waals surface area contributed by atoms with E-state index in [0.29, 0.717) is 11.5 Å². The van der Waals surface area contributed by atoms with E-state index in [4.69, 9.17) is 15.2 Å².